The predicted octanol–water partition coefficient (Wildman–Crippen LogP) is 4.13. The summed E-state index contributed by atoms with van der Waals surface area (Å²) in [5, 5.41) is 5.00. The van der Waals surface area contributed by atoms with Gasteiger partial charge in [-0.3, -0.25) is 9.59 Å². The normalized spacial score (nSPS) is 11.9. The average Bonchev–Trinajstić information content (AvgIpc) is 2.74. The van der Waals surface area contributed by atoms with Gasteiger partial charge >= 0.3 is 5.97 Å². The molecule has 0 bridgehead atoms. The molecule has 6 nitrogen and oxygen atoms in total. The molecule has 0 unspecified atom stereocenters. The zero-order chi connectivity index (χ0) is 20.4. The summed E-state index contributed by atoms with van der Waals surface area (Å²) in [6.45, 7) is 1.46. The molecule has 4 rings (SSSR count). The fraction of sp³-hybridized carbons (Fsp3) is 0.0870. The van der Waals surface area contributed by atoms with Gasteiger partial charge in [-0.1, -0.05) is 48.5 Å². The molecule has 0 saturated carbocycles. The van der Waals surface area contributed by atoms with Crippen molar-refractivity contribution in [2.45, 2.75) is 13.0 Å². The number of fused-ring (bicyclic) bond motifs is 2. The van der Waals surface area contributed by atoms with Crippen molar-refractivity contribution in [3.8, 4) is 0 Å². The maximum Gasteiger partial charge on any atom is 0.375 e. The monoisotopic (exact) mass is 387 g/mol. The SMILES string of the molecule is C[C@@H](OC(=O)c1cc(=O)c2ccccc2o1)C(=O)Nc1cccc2ccccc12. The van der Waals surface area contributed by atoms with Gasteiger partial charge in [0, 0.05) is 17.1 Å². The minimum absolute atomic E-state index is 0.251. The van der Waals surface area contributed by atoms with Crippen LogP contribution in [0, 0.1) is 0 Å². The fourth-order valence-electron chi connectivity index (χ4n) is 3.05. The van der Waals surface area contributed by atoms with Gasteiger partial charge in [-0.25, -0.2) is 4.79 Å². The van der Waals surface area contributed by atoms with Gasteiger partial charge in [0.2, 0.25) is 5.76 Å². The molecular weight excluding hydrogens is 370 g/mol. The second kappa shape index (κ2) is 7.59. The molecule has 3 aromatic carbocycles. The Morgan fingerprint density at radius 1 is 0.931 bits per heavy atom. The topological polar surface area (TPSA) is 85.6 Å². The van der Waals surface area contributed by atoms with Gasteiger partial charge in [0.15, 0.2) is 11.5 Å². The number of esters is 1. The third-order valence-electron chi connectivity index (χ3n) is 4.54. The molecule has 0 spiro atoms. The summed E-state index contributed by atoms with van der Waals surface area (Å²) in [6, 6.07) is 20.8. The second-order valence-electron chi connectivity index (χ2n) is 6.53. The van der Waals surface area contributed by atoms with E-state index in [1.807, 2.05) is 36.4 Å². The minimum Gasteiger partial charge on any atom is -0.449 e. The van der Waals surface area contributed by atoms with E-state index in [2.05, 4.69) is 5.32 Å². The summed E-state index contributed by atoms with van der Waals surface area (Å²) >= 11 is 0. The van der Waals surface area contributed by atoms with Crippen LogP contribution in [-0.4, -0.2) is 18.0 Å². The van der Waals surface area contributed by atoms with Crippen molar-refractivity contribution < 1.29 is 18.7 Å². The zero-order valence-corrected chi connectivity index (χ0v) is 15.5. The maximum atomic E-state index is 12.5. The molecule has 1 amide bonds. The number of para-hydroxylation sites is 1. The first-order chi connectivity index (χ1) is 14.0. The van der Waals surface area contributed by atoms with Gasteiger partial charge in [-0.05, 0) is 30.5 Å². The van der Waals surface area contributed by atoms with E-state index in [1.54, 1.807) is 30.3 Å². The number of amides is 1. The zero-order valence-electron chi connectivity index (χ0n) is 15.5. The van der Waals surface area contributed by atoms with Crippen LogP contribution in [0.4, 0.5) is 5.69 Å². The summed E-state index contributed by atoms with van der Waals surface area (Å²) in [5.74, 6) is -1.62. The standard InChI is InChI=1S/C23H17NO5/c1-14(22(26)24-18-11-6-8-15-7-2-3-9-16(15)18)28-23(27)21-13-19(25)17-10-4-5-12-20(17)29-21/h2-14H,1H3,(H,24,26)/t14-/m1/s1. The Morgan fingerprint density at radius 3 is 2.45 bits per heavy atom. The van der Waals surface area contributed by atoms with Crippen LogP contribution in [0.5, 0.6) is 0 Å². The van der Waals surface area contributed by atoms with Crippen molar-refractivity contribution in [2.75, 3.05) is 5.32 Å². The lowest BCUT2D eigenvalue weighted by Crippen LogP contribution is -2.30. The molecule has 6 heteroatoms. The highest BCUT2D eigenvalue weighted by atomic mass is 16.6. The third-order valence-corrected chi connectivity index (χ3v) is 4.54. The molecule has 0 saturated heterocycles. The predicted molar refractivity (Wildman–Crippen MR) is 110 cm³/mol. The van der Waals surface area contributed by atoms with Gasteiger partial charge in [0.05, 0.1) is 5.39 Å². The quantitative estimate of drug-likeness (QED) is 0.532. The number of carbonyl (C=O) groups excluding carboxylic acids is 2. The molecule has 29 heavy (non-hydrogen) atoms. The molecule has 0 aliphatic carbocycles. The summed E-state index contributed by atoms with van der Waals surface area (Å²) in [4.78, 5) is 37.0. The van der Waals surface area contributed by atoms with Crippen molar-refractivity contribution in [1.82, 2.24) is 0 Å². The molecule has 1 N–H and O–H groups in total. The molecule has 1 heterocycles. The van der Waals surface area contributed by atoms with E-state index in [-0.39, 0.29) is 16.8 Å². The van der Waals surface area contributed by atoms with Crippen LogP contribution in [0.25, 0.3) is 21.7 Å². The van der Waals surface area contributed by atoms with Crippen LogP contribution < -0.4 is 10.7 Å². The Balaban J connectivity index is 1.51. The van der Waals surface area contributed by atoms with Crippen molar-refractivity contribution >= 4 is 39.3 Å². The Bertz CT molecular complexity index is 1290. The number of ether oxygens (including phenoxy) is 1. The Kier molecular flexibility index (Phi) is 4.83. The van der Waals surface area contributed by atoms with Gasteiger partial charge in [0.25, 0.3) is 5.91 Å². The number of nitrogens with one attached hydrogen (secondary N) is 1. The molecular formula is C23H17NO5. The number of benzene rings is 3. The second-order valence-corrected chi connectivity index (χ2v) is 6.53. The van der Waals surface area contributed by atoms with Crippen molar-refractivity contribution in [1.29, 1.82) is 0 Å². The number of rotatable bonds is 4. The van der Waals surface area contributed by atoms with Crippen molar-refractivity contribution in [3.05, 3.63) is 88.8 Å². The van der Waals surface area contributed by atoms with E-state index < -0.39 is 18.0 Å². The average molecular weight is 387 g/mol. The third kappa shape index (κ3) is 3.73. The van der Waals surface area contributed by atoms with E-state index in [9.17, 15) is 14.4 Å². The smallest absolute Gasteiger partial charge is 0.375 e. The minimum atomic E-state index is -1.08. The molecule has 0 aliphatic heterocycles. The highest BCUT2D eigenvalue weighted by Gasteiger charge is 2.22. The van der Waals surface area contributed by atoms with Crippen molar-refractivity contribution in [3.63, 3.8) is 0 Å². The lowest BCUT2D eigenvalue weighted by molar-refractivity contribution is -0.123. The number of hydrogen-bond acceptors (Lipinski definition) is 5. The van der Waals surface area contributed by atoms with Crippen molar-refractivity contribution in [2.24, 2.45) is 0 Å². The summed E-state index contributed by atoms with van der Waals surface area (Å²) in [7, 11) is 0. The molecule has 0 fully saturated rings. The number of hydrogen-bond donors (Lipinski definition) is 1. The molecule has 4 aromatic rings. The van der Waals surface area contributed by atoms with E-state index in [4.69, 9.17) is 9.15 Å². The largest absolute Gasteiger partial charge is 0.449 e. The summed E-state index contributed by atoms with van der Waals surface area (Å²) in [5.41, 5.74) is 0.541. The fourth-order valence-corrected chi connectivity index (χ4v) is 3.05. The summed E-state index contributed by atoms with van der Waals surface area (Å²) < 4.78 is 10.7. The maximum absolute atomic E-state index is 12.5. The molecule has 0 radical (unpaired) electrons. The first-order valence-electron chi connectivity index (χ1n) is 9.05. The van der Waals surface area contributed by atoms with Gasteiger partial charge in [-0.15, -0.1) is 0 Å². The first kappa shape index (κ1) is 18.4. The van der Waals surface area contributed by atoms with Crippen LogP contribution in [0.1, 0.15) is 17.5 Å². The van der Waals surface area contributed by atoms with E-state index in [1.165, 1.54) is 6.92 Å². The summed E-state index contributed by atoms with van der Waals surface area (Å²) in [6.07, 6.45) is -1.08. The van der Waals surface area contributed by atoms with Crippen LogP contribution >= 0.6 is 0 Å². The lowest BCUT2D eigenvalue weighted by Gasteiger charge is -2.14. The Hall–Kier alpha value is -3.93. The lowest BCUT2D eigenvalue weighted by atomic mass is 10.1. The van der Waals surface area contributed by atoms with Gasteiger partial charge < -0.3 is 14.5 Å². The van der Waals surface area contributed by atoms with Crippen LogP contribution in [0.3, 0.4) is 0 Å². The van der Waals surface area contributed by atoms with Crippen LogP contribution in [0.15, 0.2) is 82.0 Å². The van der Waals surface area contributed by atoms with Crippen LogP contribution in [-0.2, 0) is 9.53 Å². The number of carbonyl (C=O) groups is 2. The van der Waals surface area contributed by atoms with E-state index in [0.717, 1.165) is 16.8 Å². The van der Waals surface area contributed by atoms with E-state index >= 15 is 0 Å². The molecule has 0 aliphatic rings. The Labute approximate surface area is 165 Å². The first-order valence-corrected chi connectivity index (χ1v) is 9.05. The van der Waals surface area contributed by atoms with E-state index in [0.29, 0.717) is 11.1 Å². The molecule has 144 valence electrons. The van der Waals surface area contributed by atoms with Gasteiger partial charge in [-0.2, -0.15) is 0 Å². The highest BCUT2D eigenvalue weighted by Crippen LogP contribution is 2.23. The molecule has 1 aromatic heterocycles. The highest BCUT2D eigenvalue weighted by molar-refractivity contribution is 6.04. The molecule has 1 atom stereocenters. The van der Waals surface area contributed by atoms with Gasteiger partial charge in [0.1, 0.15) is 5.58 Å². The Morgan fingerprint density at radius 2 is 1.62 bits per heavy atom. The van der Waals surface area contributed by atoms with Crippen LogP contribution in [0.2, 0.25) is 0 Å². The number of anilines is 1.